The molecular formula is C16H15Cl2N3O. The minimum Gasteiger partial charge on any atom is -0.376 e. The zero-order chi connectivity index (χ0) is 15.9. The van der Waals surface area contributed by atoms with Gasteiger partial charge in [-0.1, -0.05) is 47.0 Å². The maximum absolute atomic E-state index is 11.7. The first-order chi connectivity index (χ1) is 10.6. The van der Waals surface area contributed by atoms with Gasteiger partial charge in [0, 0.05) is 11.3 Å². The number of nitrogens with zero attached hydrogens (tertiary/aromatic N) is 1. The molecular weight excluding hydrogens is 321 g/mol. The van der Waals surface area contributed by atoms with Crippen LogP contribution in [0.15, 0.2) is 47.6 Å². The van der Waals surface area contributed by atoms with Crippen LogP contribution in [0.5, 0.6) is 0 Å². The number of carbonyl (C=O) groups is 1. The van der Waals surface area contributed by atoms with Crippen molar-refractivity contribution in [3.63, 3.8) is 0 Å². The third kappa shape index (κ3) is 4.76. The van der Waals surface area contributed by atoms with Gasteiger partial charge in [0.1, 0.15) is 0 Å². The van der Waals surface area contributed by atoms with E-state index in [1.807, 2.05) is 31.2 Å². The van der Waals surface area contributed by atoms with E-state index >= 15 is 0 Å². The molecule has 1 amide bonds. The second-order valence-electron chi connectivity index (χ2n) is 4.65. The van der Waals surface area contributed by atoms with Gasteiger partial charge in [0.15, 0.2) is 0 Å². The highest BCUT2D eigenvalue weighted by Crippen LogP contribution is 2.21. The number of halogens is 2. The van der Waals surface area contributed by atoms with E-state index in [0.29, 0.717) is 15.6 Å². The number of nitrogens with one attached hydrogen (secondary N) is 2. The van der Waals surface area contributed by atoms with Crippen LogP contribution in [0.3, 0.4) is 0 Å². The molecule has 2 aromatic carbocycles. The second kappa shape index (κ2) is 7.82. The van der Waals surface area contributed by atoms with E-state index in [-0.39, 0.29) is 12.5 Å². The number of benzene rings is 2. The largest absolute Gasteiger partial charge is 0.376 e. The average Bonchev–Trinajstić information content (AvgIpc) is 2.50. The molecule has 6 heteroatoms. The van der Waals surface area contributed by atoms with Crippen molar-refractivity contribution >= 4 is 41.0 Å². The van der Waals surface area contributed by atoms with Crippen LogP contribution in [-0.2, 0) is 4.79 Å². The summed E-state index contributed by atoms with van der Waals surface area (Å²) in [5, 5.41) is 7.81. The Morgan fingerprint density at radius 3 is 2.41 bits per heavy atom. The summed E-state index contributed by atoms with van der Waals surface area (Å²) in [6, 6.07) is 12.9. The van der Waals surface area contributed by atoms with E-state index in [1.165, 1.54) is 6.21 Å². The number of rotatable bonds is 5. The van der Waals surface area contributed by atoms with Crippen LogP contribution in [0.2, 0.25) is 10.0 Å². The first kappa shape index (κ1) is 16.3. The molecule has 0 aliphatic carbocycles. The SMILES string of the molecule is Cc1ccc(NCC(=O)N/N=C/c2c(Cl)cccc2Cl)cc1. The topological polar surface area (TPSA) is 53.5 Å². The molecule has 0 aliphatic heterocycles. The van der Waals surface area contributed by atoms with Crippen LogP contribution < -0.4 is 10.7 Å². The number of hydrogen-bond acceptors (Lipinski definition) is 3. The number of aryl methyl sites for hydroxylation is 1. The minimum atomic E-state index is -0.264. The number of hydrogen-bond donors (Lipinski definition) is 2. The Balaban J connectivity index is 1.85. The molecule has 0 heterocycles. The highest BCUT2D eigenvalue weighted by atomic mass is 35.5. The lowest BCUT2D eigenvalue weighted by atomic mass is 10.2. The van der Waals surface area contributed by atoms with Gasteiger partial charge < -0.3 is 5.32 Å². The maximum atomic E-state index is 11.7. The molecule has 0 spiro atoms. The van der Waals surface area contributed by atoms with Crippen molar-refractivity contribution in [3.05, 3.63) is 63.6 Å². The van der Waals surface area contributed by atoms with E-state index < -0.39 is 0 Å². The summed E-state index contributed by atoms with van der Waals surface area (Å²) in [7, 11) is 0. The molecule has 114 valence electrons. The highest BCUT2D eigenvalue weighted by molar-refractivity contribution is 6.38. The van der Waals surface area contributed by atoms with E-state index in [2.05, 4.69) is 15.8 Å². The molecule has 2 rings (SSSR count). The summed E-state index contributed by atoms with van der Waals surface area (Å²) in [6.45, 7) is 2.13. The Hall–Kier alpha value is -2.04. The summed E-state index contributed by atoms with van der Waals surface area (Å²) in [5.74, 6) is -0.264. The Kier molecular flexibility index (Phi) is 5.81. The smallest absolute Gasteiger partial charge is 0.259 e. The molecule has 0 aromatic heterocycles. The monoisotopic (exact) mass is 335 g/mol. The van der Waals surface area contributed by atoms with Crippen molar-refractivity contribution in [1.29, 1.82) is 0 Å². The lowest BCUT2D eigenvalue weighted by Crippen LogP contribution is -2.25. The fourth-order valence-electron chi connectivity index (χ4n) is 1.70. The van der Waals surface area contributed by atoms with E-state index in [9.17, 15) is 4.79 Å². The minimum absolute atomic E-state index is 0.122. The first-order valence-electron chi connectivity index (χ1n) is 6.63. The molecule has 0 aliphatic rings. The van der Waals surface area contributed by atoms with Gasteiger partial charge in [-0.3, -0.25) is 4.79 Å². The molecule has 22 heavy (non-hydrogen) atoms. The van der Waals surface area contributed by atoms with Crippen molar-refractivity contribution in [3.8, 4) is 0 Å². The van der Waals surface area contributed by atoms with E-state index in [0.717, 1.165) is 11.3 Å². The van der Waals surface area contributed by atoms with Crippen LogP contribution >= 0.6 is 23.2 Å². The van der Waals surface area contributed by atoms with Crippen LogP contribution in [0.4, 0.5) is 5.69 Å². The van der Waals surface area contributed by atoms with Crippen LogP contribution in [0.1, 0.15) is 11.1 Å². The standard InChI is InChI=1S/C16H15Cl2N3O/c1-11-5-7-12(8-6-11)19-10-16(22)21-20-9-13-14(17)3-2-4-15(13)18/h2-9,19H,10H2,1H3,(H,21,22)/b20-9+. The average molecular weight is 336 g/mol. The summed E-state index contributed by atoms with van der Waals surface area (Å²) < 4.78 is 0. The quantitative estimate of drug-likeness (QED) is 0.643. The highest BCUT2D eigenvalue weighted by Gasteiger charge is 2.03. The first-order valence-corrected chi connectivity index (χ1v) is 7.38. The predicted molar refractivity (Wildman–Crippen MR) is 91.9 cm³/mol. The lowest BCUT2D eigenvalue weighted by molar-refractivity contribution is -0.119. The second-order valence-corrected chi connectivity index (χ2v) is 5.46. The van der Waals surface area contributed by atoms with Gasteiger partial charge in [-0.15, -0.1) is 0 Å². The van der Waals surface area contributed by atoms with Gasteiger partial charge in [-0.05, 0) is 31.2 Å². The zero-order valence-electron chi connectivity index (χ0n) is 11.9. The van der Waals surface area contributed by atoms with Crippen molar-refractivity contribution in [2.75, 3.05) is 11.9 Å². The van der Waals surface area contributed by atoms with Crippen molar-refractivity contribution in [1.82, 2.24) is 5.43 Å². The summed E-state index contributed by atoms with van der Waals surface area (Å²) in [4.78, 5) is 11.7. The number of hydrazone groups is 1. The van der Waals surface area contributed by atoms with Crippen molar-refractivity contribution in [2.45, 2.75) is 6.92 Å². The molecule has 0 bridgehead atoms. The normalized spacial score (nSPS) is 10.7. The zero-order valence-corrected chi connectivity index (χ0v) is 13.4. The Morgan fingerprint density at radius 1 is 1.14 bits per heavy atom. The Labute approximate surface area is 139 Å². The van der Waals surface area contributed by atoms with E-state index in [4.69, 9.17) is 23.2 Å². The van der Waals surface area contributed by atoms with Crippen molar-refractivity contribution < 1.29 is 4.79 Å². The van der Waals surface area contributed by atoms with Gasteiger partial charge in [0.05, 0.1) is 22.8 Å². The summed E-state index contributed by atoms with van der Waals surface area (Å²) in [5.41, 5.74) is 5.02. The van der Waals surface area contributed by atoms with Crippen LogP contribution in [0.25, 0.3) is 0 Å². The molecule has 4 nitrogen and oxygen atoms in total. The molecule has 0 saturated carbocycles. The molecule has 2 N–H and O–H groups in total. The molecule has 2 aromatic rings. The van der Waals surface area contributed by atoms with Crippen LogP contribution in [0, 0.1) is 6.92 Å². The lowest BCUT2D eigenvalue weighted by Gasteiger charge is -2.05. The third-order valence-corrected chi connectivity index (χ3v) is 3.55. The molecule has 0 saturated heterocycles. The van der Waals surface area contributed by atoms with E-state index in [1.54, 1.807) is 18.2 Å². The maximum Gasteiger partial charge on any atom is 0.259 e. The Morgan fingerprint density at radius 2 is 1.77 bits per heavy atom. The number of anilines is 1. The number of carbonyl (C=O) groups excluding carboxylic acids is 1. The van der Waals surface area contributed by atoms with Gasteiger partial charge >= 0.3 is 0 Å². The van der Waals surface area contributed by atoms with Crippen molar-refractivity contribution in [2.24, 2.45) is 5.10 Å². The van der Waals surface area contributed by atoms with Gasteiger partial charge in [-0.25, -0.2) is 5.43 Å². The third-order valence-electron chi connectivity index (χ3n) is 2.89. The summed E-state index contributed by atoms with van der Waals surface area (Å²) >= 11 is 12.0. The molecule has 0 fully saturated rings. The fourth-order valence-corrected chi connectivity index (χ4v) is 2.19. The molecule has 0 radical (unpaired) electrons. The summed E-state index contributed by atoms with van der Waals surface area (Å²) in [6.07, 6.45) is 1.43. The van der Waals surface area contributed by atoms with Gasteiger partial charge in [-0.2, -0.15) is 5.10 Å². The predicted octanol–water partition coefficient (Wildman–Crippen LogP) is 3.86. The Bertz CT molecular complexity index is 664. The van der Waals surface area contributed by atoms with Gasteiger partial charge in [0.2, 0.25) is 0 Å². The number of amides is 1. The van der Waals surface area contributed by atoms with Gasteiger partial charge in [0.25, 0.3) is 5.91 Å². The molecule has 0 atom stereocenters. The fraction of sp³-hybridized carbons (Fsp3) is 0.125. The van der Waals surface area contributed by atoms with Crippen LogP contribution in [-0.4, -0.2) is 18.7 Å². The molecule has 0 unspecified atom stereocenters.